The summed E-state index contributed by atoms with van der Waals surface area (Å²) in [5.41, 5.74) is 0.583. The number of aliphatic hydroxyl groups is 1. The van der Waals surface area contributed by atoms with Crippen LogP contribution in [0.25, 0.3) is 0 Å². The number of hydrogen-bond donors (Lipinski definition) is 1. The van der Waals surface area contributed by atoms with Gasteiger partial charge in [0.15, 0.2) is 0 Å². The maximum Gasteiger partial charge on any atom is 0.129 e. The lowest BCUT2D eigenvalue weighted by Gasteiger charge is -2.10. The number of nitrogens with zero attached hydrogens (tertiary/aromatic N) is 2. The first-order chi connectivity index (χ1) is 8.06. The lowest BCUT2D eigenvalue weighted by Crippen LogP contribution is -2.06. The molecule has 1 unspecified atom stereocenters. The molecule has 0 bridgehead atoms. The Bertz CT molecular complexity index is 525. The van der Waals surface area contributed by atoms with E-state index in [1.54, 1.807) is 24.0 Å². The van der Waals surface area contributed by atoms with Crippen molar-refractivity contribution < 1.29 is 13.9 Å². The molecular formula is C12H12F2N2O. The summed E-state index contributed by atoms with van der Waals surface area (Å²) in [5, 5.41) is 13.9. The van der Waals surface area contributed by atoms with Crippen LogP contribution in [-0.4, -0.2) is 14.9 Å². The van der Waals surface area contributed by atoms with Crippen molar-refractivity contribution in [3.05, 3.63) is 53.4 Å². The molecule has 2 rings (SSSR count). The van der Waals surface area contributed by atoms with Gasteiger partial charge in [-0.3, -0.25) is 4.68 Å². The van der Waals surface area contributed by atoms with E-state index < -0.39 is 17.7 Å². The van der Waals surface area contributed by atoms with Crippen LogP contribution < -0.4 is 0 Å². The first kappa shape index (κ1) is 11.7. The molecule has 3 nitrogen and oxygen atoms in total. The molecule has 0 saturated heterocycles. The van der Waals surface area contributed by atoms with E-state index in [2.05, 4.69) is 5.10 Å². The largest absolute Gasteiger partial charge is 0.388 e. The topological polar surface area (TPSA) is 38.0 Å². The second-order valence-corrected chi connectivity index (χ2v) is 3.87. The number of aromatic nitrogens is 2. The minimum Gasteiger partial charge on any atom is -0.388 e. The number of aliphatic hydroxyl groups excluding tert-OH is 1. The minimum atomic E-state index is -1.10. The van der Waals surface area contributed by atoms with Gasteiger partial charge >= 0.3 is 0 Å². The first-order valence-corrected chi connectivity index (χ1v) is 5.18. The molecule has 1 atom stereocenters. The Morgan fingerprint density at radius 3 is 2.76 bits per heavy atom. The summed E-state index contributed by atoms with van der Waals surface area (Å²) in [4.78, 5) is 0. The molecule has 17 heavy (non-hydrogen) atoms. The molecule has 0 saturated carbocycles. The van der Waals surface area contributed by atoms with Crippen molar-refractivity contribution in [2.75, 3.05) is 0 Å². The van der Waals surface area contributed by atoms with E-state index in [4.69, 9.17) is 0 Å². The summed E-state index contributed by atoms with van der Waals surface area (Å²) in [5.74, 6) is -1.18. The van der Waals surface area contributed by atoms with Gasteiger partial charge in [0.25, 0.3) is 0 Å². The Hall–Kier alpha value is -1.75. The number of halogens is 2. The Labute approximate surface area is 97.3 Å². The molecule has 1 aromatic carbocycles. The van der Waals surface area contributed by atoms with Crippen molar-refractivity contribution >= 4 is 0 Å². The second kappa shape index (κ2) is 4.63. The van der Waals surface area contributed by atoms with Crippen LogP contribution in [0.3, 0.4) is 0 Å². The Balaban J connectivity index is 2.19. The van der Waals surface area contributed by atoms with Crippen molar-refractivity contribution in [2.45, 2.75) is 12.5 Å². The minimum absolute atomic E-state index is 0.0457. The van der Waals surface area contributed by atoms with Crippen LogP contribution in [0.15, 0.2) is 30.5 Å². The molecule has 1 heterocycles. The quantitative estimate of drug-likeness (QED) is 0.887. The third-order valence-electron chi connectivity index (χ3n) is 2.49. The molecule has 90 valence electrons. The monoisotopic (exact) mass is 238 g/mol. The zero-order valence-corrected chi connectivity index (χ0v) is 9.27. The molecule has 0 amide bonds. The number of aryl methyl sites for hydroxylation is 1. The van der Waals surface area contributed by atoms with Crippen LogP contribution in [0.1, 0.15) is 17.4 Å². The molecule has 0 aliphatic heterocycles. The predicted molar refractivity (Wildman–Crippen MR) is 58.2 cm³/mol. The SMILES string of the molecule is Cn1ccc(CC(O)c2cc(F)ccc2F)n1. The summed E-state index contributed by atoms with van der Waals surface area (Å²) >= 11 is 0. The van der Waals surface area contributed by atoms with Gasteiger partial charge in [0.05, 0.1) is 11.8 Å². The van der Waals surface area contributed by atoms with Gasteiger partial charge in [-0.15, -0.1) is 0 Å². The van der Waals surface area contributed by atoms with Crippen molar-refractivity contribution in [2.24, 2.45) is 7.05 Å². The van der Waals surface area contributed by atoms with Gasteiger partial charge in [0, 0.05) is 25.2 Å². The van der Waals surface area contributed by atoms with Crippen molar-refractivity contribution in [1.29, 1.82) is 0 Å². The molecule has 0 aliphatic rings. The number of benzene rings is 1. The maximum atomic E-state index is 13.4. The molecule has 1 N–H and O–H groups in total. The highest BCUT2D eigenvalue weighted by Gasteiger charge is 2.15. The number of hydrogen-bond acceptors (Lipinski definition) is 2. The third kappa shape index (κ3) is 2.68. The lowest BCUT2D eigenvalue weighted by atomic mass is 10.0. The van der Waals surface area contributed by atoms with Crippen molar-refractivity contribution in [1.82, 2.24) is 9.78 Å². The van der Waals surface area contributed by atoms with Crippen LogP contribution in [0.5, 0.6) is 0 Å². The molecule has 0 spiro atoms. The fraction of sp³-hybridized carbons (Fsp3) is 0.250. The van der Waals surface area contributed by atoms with Gasteiger partial charge in [-0.05, 0) is 24.3 Å². The predicted octanol–water partition coefficient (Wildman–Crippen LogP) is 1.97. The highest BCUT2D eigenvalue weighted by atomic mass is 19.1. The summed E-state index contributed by atoms with van der Waals surface area (Å²) in [6, 6.07) is 4.75. The molecule has 0 aliphatic carbocycles. The van der Waals surface area contributed by atoms with Gasteiger partial charge < -0.3 is 5.11 Å². The Morgan fingerprint density at radius 1 is 1.35 bits per heavy atom. The Morgan fingerprint density at radius 2 is 2.12 bits per heavy atom. The van der Waals surface area contributed by atoms with E-state index in [0.717, 1.165) is 18.2 Å². The zero-order chi connectivity index (χ0) is 12.4. The van der Waals surface area contributed by atoms with Gasteiger partial charge in [0.1, 0.15) is 11.6 Å². The fourth-order valence-electron chi connectivity index (χ4n) is 1.65. The van der Waals surface area contributed by atoms with Crippen molar-refractivity contribution in [3.8, 4) is 0 Å². The second-order valence-electron chi connectivity index (χ2n) is 3.87. The fourth-order valence-corrected chi connectivity index (χ4v) is 1.65. The normalized spacial score (nSPS) is 12.7. The average molecular weight is 238 g/mol. The standard InChI is InChI=1S/C12H12F2N2O/c1-16-5-4-9(15-16)7-12(17)10-6-8(13)2-3-11(10)14/h2-6,12,17H,7H2,1H3. The summed E-state index contributed by atoms with van der Waals surface area (Å²) in [7, 11) is 1.75. The average Bonchev–Trinajstić information content (AvgIpc) is 2.67. The first-order valence-electron chi connectivity index (χ1n) is 5.18. The van der Waals surface area contributed by atoms with E-state index in [1.165, 1.54) is 0 Å². The highest BCUT2D eigenvalue weighted by Crippen LogP contribution is 2.21. The molecule has 0 fully saturated rings. The van der Waals surface area contributed by atoms with Gasteiger partial charge in [-0.2, -0.15) is 5.10 Å². The molecule has 1 aromatic heterocycles. The maximum absolute atomic E-state index is 13.4. The number of rotatable bonds is 3. The Kier molecular flexibility index (Phi) is 3.19. The van der Waals surface area contributed by atoms with E-state index in [9.17, 15) is 13.9 Å². The van der Waals surface area contributed by atoms with Crippen LogP contribution in [0, 0.1) is 11.6 Å². The van der Waals surface area contributed by atoms with E-state index >= 15 is 0 Å². The third-order valence-corrected chi connectivity index (χ3v) is 2.49. The van der Waals surface area contributed by atoms with Crippen LogP contribution >= 0.6 is 0 Å². The molecule has 2 aromatic rings. The van der Waals surface area contributed by atoms with Gasteiger partial charge in [0.2, 0.25) is 0 Å². The van der Waals surface area contributed by atoms with Crippen LogP contribution in [-0.2, 0) is 13.5 Å². The van der Waals surface area contributed by atoms with E-state index in [1.807, 2.05) is 0 Å². The molecular weight excluding hydrogens is 226 g/mol. The summed E-state index contributed by atoms with van der Waals surface area (Å²) in [6.07, 6.45) is 0.783. The summed E-state index contributed by atoms with van der Waals surface area (Å²) in [6.45, 7) is 0. The zero-order valence-electron chi connectivity index (χ0n) is 9.27. The molecule has 5 heteroatoms. The van der Waals surface area contributed by atoms with E-state index in [-0.39, 0.29) is 12.0 Å². The molecule has 0 radical (unpaired) electrons. The van der Waals surface area contributed by atoms with Gasteiger partial charge in [-0.1, -0.05) is 0 Å². The highest BCUT2D eigenvalue weighted by molar-refractivity contribution is 5.22. The lowest BCUT2D eigenvalue weighted by molar-refractivity contribution is 0.171. The van der Waals surface area contributed by atoms with E-state index in [0.29, 0.717) is 5.69 Å². The summed E-state index contributed by atoms with van der Waals surface area (Å²) < 4.78 is 27.9. The smallest absolute Gasteiger partial charge is 0.129 e. The van der Waals surface area contributed by atoms with Crippen LogP contribution in [0.2, 0.25) is 0 Å². The van der Waals surface area contributed by atoms with Crippen molar-refractivity contribution in [3.63, 3.8) is 0 Å². The van der Waals surface area contributed by atoms with Crippen LogP contribution in [0.4, 0.5) is 8.78 Å². The van der Waals surface area contributed by atoms with Gasteiger partial charge in [-0.25, -0.2) is 8.78 Å².